The van der Waals surface area contributed by atoms with Crippen molar-refractivity contribution in [2.24, 2.45) is 0 Å². The molecule has 1 N–H and O–H groups in total. The van der Waals surface area contributed by atoms with E-state index >= 15 is 0 Å². The Balaban J connectivity index is 2.09. The van der Waals surface area contributed by atoms with Gasteiger partial charge in [0.1, 0.15) is 0 Å². The second kappa shape index (κ2) is 7.11. The summed E-state index contributed by atoms with van der Waals surface area (Å²) in [4.78, 5) is 15.9. The van der Waals surface area contributed by atoms with Gasteiger partial charge in [0.05, 0.1) is 7.11 Å². The highest BCUT2D eigenvalue weighted by Gasteiger charge is 2.06. The number of pyridine rings is 1. The van der Waals surface area contributed by atoms with Crippen molar-refractivity contribution in [2.75, 3.05) is 12.4 Å². The molecular weight excluding hydrogens is 311 g/mol. The van der Waals surface area contributed by atoms with Crippen LogP contribution in [0.3, 0.4) is 0 Å². The average Bonchev–Trinajstić information content (AvgIpc) is 2.47. The van der Waals surface area contributed by atoms with Gasteiger partial charge in [0.25, 0.3) is 0 Å². The topological polar surface area (TPSA) is 51.2 Å². The number of hydrogen-bond acceptors (Lipinski definition) is 3. The van der Waals surface area contributed by atoms with Gasteiger partial charge in [-0.25, -0.2) is 4.98 Å². The molecule has 0 unspecified atom stereocenters. The van der Waals surface area contributed by atoms with E-state index in [0.29, 0.717) is 27.2 Å². The largest absolute Gasteiger partial charge is 0.493 e. The number of benzene rings is 1. The zero-order chi connectivity index (χ0) is 15.2. The average molecular weight is 323 g/mol. The maximum Gasteiger partial charge on any atom is 0.249 e. The number of anilines is 1. The normalized spacial score (nSPS) is 10.6. The standard InChI is InChI=1S/C15H12Cl2N2O2/c1-21-13-3-2-8-18-15(13)19-14(20)7-5-10-4-6-11(16)9-12(10)17/h2-9H,1H3,(H,18,19,20)/b7-5+. The third-order valence-corrected chi connectivity index (χ3v) is 3.17. The van der Waals surface area contributed by atoms with Gasteiger partial charge in [0.2, 0.25) is 5.91 Å². The summed E-state index contributed by atoms with van der Waals surface area (Å²) in [6.07, 6.45) is 4.53. The minimum absolute atomic E-state index is 0.335. The van der Waals surface area contributed by atoms with Crippen LogP contribution >= 0.6 is 23.2 Å². The Bertz CT molecular complexity index is 687. The van der Waals surface area contributed by atoms with E-state index in [-0.39, 0.29) is 5.91 Å². The van der Waals surface area contributed by atoms with Crippen LogP contribution in [0.1, 0.15) is 5.56 Å². The van der Waals surface area contributed by atoms with Gasteiger partial charge in [-0.05, 0) is 35.9 Å². The first kappa shape index (κ1) is 15.4. The Hall–Kier alpha value is -2.04. The van der Waals surface area contributed by atoms with Gasteiger partial charge in [0, 0.05) is 22.3 Å². The van der Waals surface area contributed by atoms with E-state index in [1.165, 1.54) is 13.2 Å². The number of amides is 1. The molecule has 0 fully saturated rings. The van der Waals surface area contributed by atoms with Crippen molar-refractivity contribution >= 4 is 41.0 Å². The van der Waals surface area contributed by atoms with Crippen molar-refractivity contribution in [2.45, 2.75) is 0 Å². The van der Waals surface area contributed by atoms with Gasteiger partial charge >= 0.3 is 0 Å². The molecule has 0 saturated carbocycles. The van der Waals surface area contributed by atoms with Crippen LogP contribution in [0.15, 0.2) is 42.6 Å². The third kappa shape index (κ3) is 4.21. The van der Waals surface area contributed by atoms with E-state index < -0.39 is 0 Å². The molecule has 0 radical (unpaired) electrons. The smallest absolute Gasteiger partial charge is 0.249 e. The summed E-state index contributed by atoms with van der Waals surface area (Å²) in [7, 11) is 1.51. The summed E-state index contributed by atoms with van der Waals surface area (Å²) in [5, 5.41) is 3.65. The summed E-state index contributed by atoms with van der Waals surface area (Å²) in [6.45, 7) is 0. The zero-order valence-corrected chi connectivity index (χ0v) is 12.7. The molecule has 1 aromatic heterocycles. The number of carbonyl (C=O) groups is 1. The number of carbonyl (C=O) groups excluding carboxylic acids is 1. The second-order valence-corrected chi connectivity index (χ2v) is 4.89. The predicted octanol–water partition coefficient (Wildman–Crippen LogP) is 4.05. The second-order valence-electron chi connectivity index (χ2n) is 4.04. The maximum absolute atomic E-state index is 11.9. The molecule has 0 spiro atoms. The number of nitrogens with zero attached hydrogens (tertiary/aromatic N) is 1. The van der Waals surface area contributed by atoms with Crippen LogP contribution in [0, 0.1) is 0 Å². The molecule has 0 saturated heterocycles. The number of methoxy groups -OCH3 is 1. The molecule has 108 valence electrons. The first-order valence-corrected chi connectivity index (χ1v) is 6.79. The van der Waals surface area contributed by atoms with Crippen LogP contribution in [0.4, 0.5) is 5.82 Å². The lowest BCUT2D eigenvalue weighted by atomic mass is 10.2. The van der Waals surface area contributed by atoms with Gasteiger partial charge in [-0.2, -0.15) is 0 Å². The molecule has 2 rings (SSSR count). The van der Waals surface area contributed by atoms with Crippen molar-refractivity contribution in [3.63, 3.8) is 0 Å². The molecule has 0 aliphatic carbocycles. The number of halogens is 2. The highest BCUT2D eigenvalue weighted by atomic mass is 35.5. The molecule has 1 amide bonds. The fourth-order valence-corrected chi connectivity index (χ4v) is 2.08. The zero-order valence-electron chi connectivity index (χ0n) is 11.1. The van der Waals surface area contributed by atoms with Crippen molar-refractivity contribution in [3.05, 3.63) is 58.2 Å². The maximum atomic E-state index is 11.9. The Morgan fingerprint density at radius 3 is 2.86 bits per heavy atom. The van der Waals surface area contributed by atoms with Gasteiger partial charge in [-0.1, -0.05) is 29.3 Å². The predicted molar refractivity (Wildman–Crippen MR) is 84.9 cm³/mol. The van der Waals surface area contributed by atoms with Crippen LogP contribution in [-0.4, -0.2) is 18.0 Å². The van der Waals surface area contributed by atoms with Crippen LogP contribution in [0.25, 0.3) is 6.08 Å². The Labute approximate surface area is 132 Å². The van der Waals surface area contributed by atoms with Gasteiger partial charge in [0.15, 0.2) is 11.6 Å². The third-order valence-electron chi connectivity index (χ3n) is 2.61. The fraction of sp³-hybridized carbons (Fsp3) is 0.0667. The lowest BCUT2D eigenvalue weighted by Crippen LogP contribution is -2.10. The SMILES string of the molecule is COc1cccnc1NC(=O)/C=C/c1ccc(Cl)cc1Cl. The molecule has 6 heteroatoms. The summed E-state index contributed by atoms with van der Waals surface area (Å²) < 4.78 is 5.10. The molecule has 4 nitrogen and oxygen atoms in total. The Morgan fingerprint density at radius 1 is 1.33 bits per heavy atom. The summed E-state index contributed by atoms with van der Waals surface area (Å²) >= 11 is 11.8. The lowest BCUT2D eigenvalue weighted by Gasteiger charge is -2.06. The van der Waals surface area contributed by atoms with Crippen molar-refractivity contribution in [1.29, 1.82) is 0 Å². The Kier molecular flexibility index (Phi) is 5.20. The van der Waals surface area contributed by atoms with E-state index in [9.17, 15) is 4.79 Å². The number of aromatic nitrogens is 1. The number of ether oxygens (including phenoxy) is 1. The minimum Gasteiger partial charge on any atom is -0.493 e. The summed E-state index contributed by atoms with van der Waals surface area (Å²) in [5.74, 6) is 0.513. The summed E-state index contributed by atoms with van der Waals surface area (Å²) in [6, 6.07) is 8.48. The van der Waals surface area contributed by atoms with Crippen LogP contribution in [-0.2, 0) is 4.79 Å². The molecule has 0 atom stereocenters. The molecule has 2 aromatic rings. The van der Waals surface area contributed by atoms with Crippen molar-refractivity contribution < 1.29 is 9.53 Å². The van der Waals surface area contributed by atoms with Crippen LogP contribution in [0.2, 0.25) is 10.0 Å². The molecule has 21 heavy (non-hydrogen) atoms. The molecule has 1 aromatic carbocycles. The van der Waals surface area contributed by atoms with E-state index in [4.69, 9.17) is 27.9 Å². The molecule has 1 heterocycles. The monoisotopic (exact) mass is 322 g/mol. The van der Waals surface area contributed by atoms with E-state index in [1.54, 1.807) is 42.6 Å². The highest BCUT2D eigenvalue weighted by Crippen LogP contribution is 2.22. The molecule has 0 aliphatic heterocycles. The number of hydrogen-bond donors (Lipinski definition) is 1. The van der Waals surface area contributed by atoms with Gasteiger partial charge in [-0.3, -0.25) is 4.79 Å². The summed E-state index contributed by atoms with van der Waals surface area (Å²) in [5.41, 5.74) is 0.698. The molecule has 0 bridgehead atoms. The van der Waals surface area contributed by atoms with E-state index in [0.717, 1.165) is 0 Å². The molecular formula is C15H12Cl2N2O2. The van der Waals surface area contributed by atoms with Crippen LogP contribution < -0.4 is 10.1 Å². The van der Waals surface area contributed by atoms with E-state index in [2.05, 4.69) is 10.3 Å². The van der Waals surface area contributed by atoms with Crippen molar-refractivity contribution in [3.8, 4) is 5.75 Å². The fourth-order valence-electron chi connectivity index (χ4n) is 1.61. The van der Waals surface area contributed by atoms with Gasteiger partial charge in [-0.15, -0.1) is 0 Å². The number of rotatable bonds is 4. The quantitative estimate of drug-likeness (QED) is 0.864. The minimum atomic E-state index is -0.335. The lowest BCUT2D eigenvalue weighted by molar-refractivity contribution is -0.111. The molecule has 0 aliphatic rings. The first-order chi connectivity index (χ1) is 10.1. The van der Waals surface area contributed by atoms with Crippen molar-refractivity contribution in [1.82, 2.24) is 4.98 Å². The highest BCUT2D eigenvalue weighted by molar-refractivity contribution is 6.35. The Morgan fingerprint density at radius 2 is 2.14 bits per heavy atom. The van der Waals surface area contributed by atoms with Crippen LogP contribution in [0.5, 0.6) is 5.75 Å². The van der Waals surface area contributed by atoms with E-state index in [1.807, 2.05) is 0 Å². The van der Waals surface area contributed by atoms with Gasteiger partial charge < -0.3 is 10.1 Å². The first-order valence-electron chi connectivity index (χ1n) is 6.03. The number of nitrogens with one attached hydrogen (secondary N) is 1.